The van der Waals surface area contributed by atoms with Gasteiger partial charge in [0.1, 0.15) is 12.2 Å². The summed E-state index contributed by atoms with van der Waals surface area (Å²) in [5.74, 6) is 1.30. The van der Waals surface area contributed by atoms with Crippen LogP contribution in [0.2, 0.25) is 0 Å². The van der Waals surface area contributed by atoms with Crippen molar-refractivity contribution >= 4 is 5.97 Å². The third-order valence-electron chi connectivity index (χ3n) is 6.83. The molecule has 0 bridgehead atoms. The van der Waals surface area contributed by atoms with Gasteiger partial charge in [0.2, 0.25) is 0 Å². The third-order valence-corrected chi connectivity index (χ3v) is 6.83. The number of carbonyl (C=O) groups excluding carboxylic acids is 1. The molecule has 4 atom stereocenters. The van der Waals surface area contributed by atoms with Gasteiger partial charge in [0.15, 0.2) is 17.6 Å². The quantitative estimate of drug-likeness (QED) is 0.523. The zero-order chi connectivity index (χ0) is 21.5. The molecule has 0 aliphatic carbocycles. The van der Waals surface area contributed by atoms with E-state index >= 15 is 0 Å². The minimum absolute atomic E-state index is 0.168. The molecule has 3 heterocycles. The number of rotatable bonds is 6. The molecule has 1 fully saturated rings. The fourth-order valence-electron chi connectivity index (χ4n) is 5.27. The van der Waals surface area contributed by atoms with Crippen molar-refractivity contribution in [3.63, 3.8) is 0 Å². The Bertz CT molecular complexity index is 831. The molecular weight excluding hydrogens is 382 g/mol. The number of esters is 1. The second-order valence-corrected chi connectivity index (χ2v) is 8.96. The second-order valence-electron chi connectivity index (χ2n) is 8.96. The van der Waals surface area contributed by atoms with E-state index in [0.717, 1.165) is 49.4 Å². The third kappa shape index (κ3) is 3.50. The minimum atomic E-state index is -0.428. The lowest BCUT2D eigenvalue weighted by Crippen LogP contribution is -2.43. The van der Waals surface area contributed by atoms with Crippen molar-refractivity contribution < 1.29 is 23.7 Å². The summed E-state index contributed by atoms with van der Waals surface area (Å²) in [7, 11) is 3.82. The van der Waals surface area contributed by atoms with E-state index in [2.05, 4.69) is 31.5 Å². The number of nitrogens with zero attached hydrogens (tertiary/aromatic N) is 1. The van der Waals surface area contributed by atoms with Gasteiger partial charge in [0.05, 0.1) is 12.5 Å². The van der Waals surface area contributed by atoms with Crippen LogP contribution in [0.1, 0.15) is 50.7 Å². The normalized spacial score (nSPS) is 28.9. The summed E-state index contributed by atoms with van der Waals surface area (Å²) in [6.45, 7) is 10.8. The van der Waals surface area contributed by atoms with Crippen LogP contribution in [0.15, 0.2) is 24.3 Å². The van der Waals surface area contributed by atoms with Gasteiger partial charge in [0.25, 0.3) is 0 Å². The van der Waals surface area contributed by atoms with Crippen LogP contribution in [0, 0.1) is 0 Å². The van der Waals surface area contributed by atoms with Gasteiger partial charge in [-0.05, 0) is 58.3 Å². The predicted octanol–water partition coefficient (Wildman–Crippen LogP) is 3.61. The smallest absolute Gasteiger partial charge is 0.335 e. The van der Waals surface area contributed by atoms with Gasteiger partial charge in [-0.25, -0.2) is 4.79 Å². The zero-order valence-corrected chi connectivity index (χ0v) is 18.5. The van der Waals surface area contributed by atoms with Crippen molar-refractivity contribution in [3.8, 4) is 11.5 Å². The van der Waals surface area contributed by atoms with E-state index in [4.69, 9.17) is 18.9 Å². The highest BCUT2D eigenvalue weighted by Crippen LogP contribution is 2.56. The van der Waals surface area contributed by atoms with E-state index in [1.807, 2.05) is 13.0 Å². The minimum Gasteiger partial charge on any atom is -0.493 e. The van der Waals surface area contributed by atoms with Gasteiger partial charge in [0, 0.05) is 25.1 Å². The first-order valence-corrected chi connectivity index (χ1v) is 10.9. The Labute approximate surface area is 179 Å². The van der Waals surface area contributed by atoms with E-state index in [9.17, 15) is 4.79 Å². The summed E-state index contributed by atoms with van der Waals surface area (Å²) < 4.78 is 23.4. The number of methoxy groups -OCH3 is 1. The highest BCUT2D eigenvalue weighted by atomic mass is 16.6. The highest BCUT2D eigenvalue weighted by molar-refractivity contribution is 5.75. The van der Waals surface area contributed by atoms with Gasteiger partial charge >= 0.3 is 5.97 Å². The van der Waals surface area contributed by atoms with Gasteiger partial charge in [-0.2, -0.15) is 0 Å². The van der Waals surface area contributed by atoms with Crippen LogP contribution in [0.4, 0.5) is 0 Å². The zero-order valence-electron chi connectivity index (χ0n) is 18.5. The topological polar surface area (TPSA) is 57.2 Å². The van der Waals surface area contributed by atoms with Crippen molar-refractivity contribution in [2.24, 2.45) is 0 Å². The molecule has 0 aromatic heterocycles. The molecule has 3 aliphatic heterocycles. The molecule has 0 amide bonds. The number of carbonyl (C=O) groups is 1. The molecule has 1 saturated heterocycles. The summed E-state index contributed by atoms with van der Waals surface area (Å²) in [6, 6.07) is 4.13. The van der Waals surface area contributed by atoms with Gasteiger partial charge < -0.3 is 23.8 Å². The molecular formula is C24H33NO5. The lowest BCUT2D eigenvalue weighted by Gasteiger charge is -2.36. The average molecular weight is 416 g/mol. The van der Waals surface area contributed by atoms with Crippen LogP contribution in [0.25, 0.3) is 0 Å². The summed E-state index contributed by atoms with van der Waals surface area (Å²) in [4.78, 5) is 14.8. The van der Waals surface area contributed by atoms with Gasteiger partial charge in [-0.1, -0.05) is 18.2 Å². The van der Waals surface area contributed by atoms with Crippen LogP contribution in [0.3, 0.4) is 0 Å². The first kappa shape index (κ1) is 21.2. The van der Waals surface area contributed by atoms with E-state index in [-0.39, 0.29) is 23.6 Å². The van der Waals surface area contributed by atoms with E-state index < -0.39 is 6.10 Å². The highest BCUT2D eigenvalue weighted by Gasteiger charge is 2.53. The molecule has 0 radical (unpaired) electrons. The molecule has 1 aromatic rings. The Kier molecular flexibility index (Phi) is 5.82. The second kappa shape index (κ2) is 8.23. The molecule has 0 spiro atoms. The van der Waals surface area contributed by atoms with Crippen molar-refractivity contribution in [3.05, 3.63) is 35.4 Å². The van der Waals surface area contributed by atoms with E-state index in [1.54, 1.807) is 7.11 Å². The maximum absolute atomic E-state index is 12.4. The largest absolute Gasteiger partial charge is 0.493 e. The first-order chi connectivity index (χ1) is 14.4. The molecule has 164 valence electrons. The Morgan fingerprint density at radius 1 is 1.43 bits per heavy atom. The monoisotopic (exact) mass is 415 g/mol. The fraction of sp³-hybridized carbons (Fsp3) is 0.625. The van der Waals surface area contributed by atoms with Gasteiger partial charge in [-0.15, -0.1) is 0 Å². The Morgan fingerprint density at radius 2 is 2.23 bits per heavy atom. The molecule has 30 heavy (non-hydrogen) atoms. The van der Waals surface area contributed by atoms with Crippen LogP contribution in [-0.4, -0.2) is 56.5 Å². The molecule has 6 nitrogen and oxygen atoms in total. The molecule has 0 saturated carbocycles. The fourth-order valence-corrected chi connectivity index (χ4v) is 5.27. The summed E-state index contributed by atoms with van der Waals surface area (Å²) >= 11 is 0. The Morgan fingerprint density at radius 3 is 2.90 bits per heavy atom. The van der Waals surface area contributed by atoms with Crippen molar-refractivity contribution in [1.82, 2.24) is 4.90 Å². The molecule has 1 aromatic carbocycles. The number of hydrogen-bond donors (Lipinski definition) is 0. The SMILES string of the molecule is C=C(C)[C@@]12CCN(C)Cc3ccc(OC)c(c31)O[C@H]2C[C@H](C)OC(=O)C1CCCO1. The van der Waals surface area contributed by atoms with Crippen molar-refractivity contribution in [1.29, 1.82) is 0 Å². The average Bonchev–Trinajstić information content (AvgIpc) is 3.30. The molecule has 3 aliphatic rings. The summed E-state index contributed by atoms with van der Waals surface area (Å²) in [5.41, 5.74) is 3.20. The Hall–Kier alpha value is -2.05. The molecule has 6 heteroatoms. The van der Waals surface area contributed by atoms with Crippen molar-refractivity contribution in [2.45, 2.75) is 69.8 Å². The van der Waals surface area contributed by atoms with Crippen molar-refractivity contribution in [2.75, 3.05) is 27.3 Å². The molecule has 4 rings (SSSR count). The molecule has 0 N–H and O–H groups in total. The number of benzene rings is 1. The van der Waals surface area contributed by atoms with Crippen LogP contribution < -0.4 is 9.47 Å². The lowest BCUT2D eigenvalue weighted by molar-refractivity contribution is -0.160. The summed E-state index contributed by atoms with van der Waals surface area (Å²) in [5, 5.41) is 0. The van der Waals surface area contributed by atoms with E-state index in [1.165, 1.54) is 11.1 Å². The maximum Gasteiger partial charge on any atom is 0.335 e. The van der Waals surface area contributed by atoms with Crippen LogP contribution in [0.5, 0.6) is 11.5 Å². The standard InChI is InChI=1S/C24H33NO5/c1-15(2)24-10-11-25(4)14-17-8-9-18(27-5)22(21(17)24)30-20(24)13-16(3)29-23(26)19-7-6-12-28-19/h8-9,16,19-20H,1,6-7,10-14H2,2-5H3/t16-,19?,20-,24+/m0/s1. The predicted molar refractivity (Wildman–Crippen MR) is 114 cm³/mol. The number of ether oxygens (including phenoxy) is 4. The molecule has 1 unspecified atom stereocenters. The maximum atomic E-state index is 12.4. The number of hydrogen-bond acceptors (Lipinski definition) is 6. The Balaban J connectivity index is 1.64. The van der Waals surface area contributed by atoms with Crippen LogP contribution >= 0.6 is 0 Å². The van der Waals surface area contributed by atoms with Gasteiger partial charge in [-0.3, -0.25) is 0 Å². The van der Waals surface area contributed by atoms with E-state index in [0.29, 0.717) is 13.0 Å². The first-order valence-electron chi connectivity index (χ1n) is 10.9. The van der Waals surface area contributed by atoms with Crippen LogP contribution in [-0.2, 0) is 26.2 Å². The summed E-state index contributed by atoms with van der Waals surface area (Å²) in [6.07, 6.45) is 2.26. The lowest BCUT2D eigenvalue weighted by atomic mass is 9.67.